The van der Waals surface area contributed by atoms with Gasteiger partial charge in [0.25, 0.3) is 5.91 Å². The predicted molar refractivity (Wildman–Crippen MR) is 112 cm³/mol. The molecular weight excluding hydrogens is 382 g/mol. The van der Waals surface area contributed by atoms with Crippen LogP contribution in [0.5, 0.6) is 5.75 Å². The molecule has 30 heavy (non-hydrogen) atoms. The molecule has 0 spiro atoms. The fraction of sp³-hybridized carbons (Fsp3) is 0.227. The van der Waals surface area contributed by atoms with E-state index >= 15 is 0 Å². The third-order valence-electron chi connectivity index (χ3n) is 5.39. The van der Waals surface area contributed by atoms with E-state index in [2.05, 4.69) is 14.9 Å². The van der Waals surface area contributed by atoms with Crippen molar-refractivity contribution < 1.29 is 13.9 Å². The molecule has 1 amide bonds. The number of anilines is 1. The Morgan fingerprint density at radius 3 is 2.67 bits per heavy atom. The number of hydrogen-bond acceptors (Lipinski definition) is 6. The molecule has 8 heteroatoms. The van der Waals surface area contributed by atoms with Crippen molar-refractivity contribution in [3.8, 4) is 17.0 Å². The van der Waals surface area contributed by atoms with E-state index in [1.165, 1.54) is 6.26 Å². The molecule has 0 radical (unpaired) electrons. The molecule has 0 bridgehead atoms. The normalized spacial score (nSPS) is 14.3. The second kappa shape index (κ2) is 7.55. The van der Waals surface area contributed by atoms with Gasteiger partial charge in [0, 0.05) is 44.1 Å². The first-order valence-electron chi connectivity index (χ1n) is 9.79. The van der Waals surface area contributed by atoms with Gasteiger partial charge in [-0.3, -0.25) is 9.20 Å². The molecular formula is C22H21N5O3. The van der Waals surface area contributed by atoms with Crippen LogP contribution < -0.4 is 9.64 Å². The van der Waals surface area contributed by atoms with Gasteiger partial charge in [0.2, 0.25) is 0 Å². The summed E-state index contributed by atoms with van der Waals surface area (Å²) in [5.74, 6) is 1.90. The van der Waals surface area contributed by atoms with Gasteiger partial charge in [-0.25, -0.2) is 9.97 Å². The van der Waals surface area contributed by atoms with Crippen LogP contribution in [0.3, 0.4) is 0 Å². The number of hydrogen-bond donors (Lipinski definition) is 0. The molecule has 3 aromatic heterocycles. The summed E-state index contributed by atoms with van der Waals surface area (Å²) in [5, 5.41) is 0. The second-order valence-corrected chi connectivity index (χ2v) is 7.04. The van der Waals surface area contributed by atoms with Crippen molar-refractivity contribution in [1.82, 2.24) is 19.3 Å². The van der Waals surface area contributed by atoms with E-state index in [1.807, 2.05) is 41.1 Å². The lowest BCUT2D eigenvalue weighted by molar-refractivity contribution is 0.0714. The summed E-state index contributed by atoms with van der Waals surface area (Å²) < 4.78 is 12.8. The molecule has 8 nitrogen and oxygen atoms in total. The highest BCUT2D eigenvalue weighted by molar-refractivity contribution is 5.91. The van der Waals surface area contributed by atoms with Gasteiger partial charge in [-0.05, 0) is 24.3 Å². The molecule has 0 saturated carbocycles. The molecule has 1 aromatic carbocycles. The zero-order chi connectivity index (χ0) is 20.5. The fourth-order valence-corrected chi connectivity index (χ4v) is 3.86. The van der Waals surface area contributed by atoms with Crippen molar-refractivity contribution in [3.63, 3.8) is 0 Å². The summed E-state index contributed by atoms with van der Waals surface area (Å²) >= 11 is 0. The Hall–Kier alpha value is -3.81. The summed E-state index contributed by atoms with van der Waals surface area (Å²) in [6.07, 6.45) is 7.05. The number of piperazine rings is 1. The van der Waals surface area contributed by atoms with Crippen LogP contribution in [0.15, 0.2) is 65.7 Å². The lowest BCUT2D eigenvalue weighted by atomic mass is 10.1. The Balaban J connectivity index is 1.41. The van der Waals surface area contributed by atoms with Crippen molar-refractivity contribution in [2.45, 2.75) is 0 Å². The van der Waals surface area contributed by atoms with E-state index in [1.54, 1.807) is 30.3 Å². The van der Waals surface area contributed by atoms with E-state index in [9.17, 15) is 4.79 Å². The molecule has 4 heterocycles. The van der Waals surface area contributed by atoms with Crippen LogP contribution in [0.1, 0.15) is 10.6 Å². The van der Waals surface area contributed by atoms with Crippen molar-refractivity contribution in [1.29, 1.82) is 0 Å². The Kier molecular flexibility index (Phi) is 4.59. The Bertz CT molecular complexity index is 1180. The largest absolute Gasteiger partial charge is 0.496 e. The first-order chi connectivity index (χ1) is 14.8. The van der Waals surface area contributed by atoms with Crippen molar-refractivity contribution >= 4 is 17.4 Å². The number of imidazole rings is 1. The Morgan fingerprint density at radius 1 is 1.07 bits per heavy atom. The predicted octanol–water partition coefficient (Wildman–Crippen LogP) is 2.96. The molecule has 1 aliphatic heterocycles. The van der Waals surface area contributed by atoms with Crippen molar-refractivity contribution in [2.75, 3.05) is 38.2 Å². The average molecular weight is 403 g/mol. The zero-order valence-corrected chi connectivity index (χ0v) is 16.6. The first kappa shape index (κ1) is 18.2. The van der Waals surface area contributed by atoms with Gasteiger partial charge < -0.3 is 19.0 Å². The topological polar surface area (TPSA) is 76.1 Å². The minimum atomic E-state index is -0.0786. The van der Waals surface area contributed by atoms with Gasteiger partial charge in [-0.1, -0.05) is 12.1 Å². The van der Waals surface area contributed by atoms with Crippen LogP contribution in [0, 0.1) is 0 Å². The highest BCUT2D eigenvalue weighted by atomic mass is 16.5. The number of amides is 1. The number of carbonyl (C=O) groups is 1. The molecule has 0 unspecified atom stereocenters. The lowest BCUT2D eigenvalue weighted by Crippen LogP contribution is -2.49. The van der Waals surface area contributed by atoms with Crippen molar-refractivity contribution in [2.24, 2.45) is 0 Å². The molecule has 5 rings (SSSR count). The van der Waals surface area contributed by atoms with Gasteiger partial charge in [0.05, 0.1) is 25.3 Å². The Morgan fingerprint density at radius 2 is 1.90 bits per heavy atom. The summed E-state index contributed by atoms with van der Waals surface area (Å²) in [6, 6.07) is 11.3. The van der Waals surface area contributed by atoms with Gasteiger partial charge in [0.1, 0.15) is 5.75 Å². The molecule has 0 atom stereocenters. The van der Waals surface area contributed by atoms with Gasteiger partial charge in [-0.15, -0.1) is 0 Å². The highest BCUT2D eigenvalue weighted by Crippen LogP contribution is 2.31. The summed E-state index contributed by atoms with van der Waals surface area (Å²) in [7, 11) is 1.67. The minimum Gasteiger partial charge on any atom is -0.496 e. The van der Waals surface area contributed by atoms with E-state index < -0.39 is 0 Å². The minimum absolute atomic E-state index is 0.0786. The average Bonchev–Trinajstić information content (AvgIpc) is 3.49. The fourth-order valence-electron chi connectivity index (χ4n) is 3.86. The SMILES string of the molecule is COc1ccccc1-c1cnc2c(N3CCN(C(=O)c4ccco4)CC3)nccn12. The zero-order valence-electron chi connectivity index (χ0n) is 16.6. The standard InChI is InChI=1S/C22H21N5O3/c1-29-18-6-3-2-5-16(18)17-15-24-21-20(23-8-9-27(17)21)25-10-12-26(13-11-25)22(28)19-7-4-14-30-19/h2-9,14-15H,10-13H2,1H3. The maximum Gasteiger partial charge on any atom is 0.289 e. The number of furan rings is 1. The van der Waals surface area contributed by atoms with Gasteiger partial charge in [0.15, 0.2) is 17.2 Å². The third kappa shape index (κ3) is 3.06. The molecule has 0 aliphatic carbocycles. The number of fused-ring (bicyclic) bond motifs is 1. The van der Waals surface area contributed by atoms with E-state index in [0.717, 1.165) is 28.5 Å². The molecule has 152 valence electrons. The number of nitrogens with zero attached hydrogens (tertiary/aromatic N) is 5. The van der Waals surface area contributed by atoms with Gasteiger partial charge in [-0.2, -0.15) is 0 Å². The van der Waals surface area contributed by atoms with Gasteiger partial charge >= 0.3 is 0 Å². The number of aromatic nitrogens is 3. The lowest BCUT2D eigenvalue weighted by Gasteiger charge is -2.35. The number of benzene rings is 1. The van der Waals surface area contributed by atoms with E-state index in [0.29, 0.717) is 31.9 Å². The summed E-state index contributed by atoms with van der Waals surface area (Å²) in [6.45, 7) is 2.55. The maximum atomic E-state index is 12.5. The molecule has 0 N–H and O–H groups in total. The molecule has 1 saturated heterocycles. The second-order valence-electron chi connectivity index (χ2n) is 7.04. The highest BCUT2D eigenvalue weighted by Gasteiger charge is 2.26. The van der Waals surface area contributed by atoms with Crippen LogP contribution in [0.2, 0.25) is 0 Å². The third-order valence-corrected chi connectivity index (χ3v) is 5.39. The van der Waals surface area contributed by atoms with Crippen LogP contribution in [-0.2, 0) is 0 Å². The first-order valence-corrected chi connectivity index (χ1v) is 9.79. The number of rotatable bonds is 4. The number of methoxy groups -OCH3 is 1. The van der Waals surface area contributed by atoms with Crippen LogP contribution >= 0.6 is 0 Å². The summed E-state index contributed by atoms with van der Waals surface area (Å²) in [4.78, 5) is 25.7. The monoisotopic (exact) mass is 403 g/mol. The van der Waals surface area contributed by atoms with Crippen LogP contribution in [0.25, 0.3) is 16.9 Å². The van der Waals surface area contributed by atoms with E-state index in [4.69, 9.17) is 9.15 Å². The quantitative estimate of drug-likeness (QED) is 0.522. The maximum absolute atomic E-state index is 12.5. The Labute approximate surface area is 173 Å². The van der Waals surface area contributed by atoms with Crippen LogP contribution in [0.4, 0.5) is 5.82 Å². The van der Waals surface area contributed by atoms with Crippen molar-refractivity contribution in [3.05, 3.63) is 67.0 Å². The summed E-state index contributed by atoms with van der Waals surface area (Å²) in [5.41, 5.74) is 2.69. The smallest absolute Gasteiger partial charge is 0.289 e. The number of ether oxygens (including phenoxy) is 1. The molecule has 4 aromatic rings. The number of carbonyl (C=O) groups excluding carboxylic acids is 1. The van der Waals surface area contributed by atoms with E-state index in [-0.39, 0.29) is 5.91 Å². The van der Waals surface area contributed by atoms with Crippen LogP contribution in [-0.4, -0.2) is 58.5 Å². The molecule has 1 fully saturated rings. The number of para-hydroxylation sites is 1. The molecule has 1 aliphatic rings.